The van der Waals surface area contributed by atoms with Crippen LogP contribution in [0.15, 0.2) is 0 Å². The van der Waals surface area contributed by atoms with Gasteiger partial charge in [-0.3, -0.25) is 4.90 Å². The van der Waals surface area contributed by atoms with E-state index in [0.717, 1.165) is 19.5 Å². The Morgan fingerprint density at radius 1 is 1.26 bits per heavy atom. The van der Waals surface area contributed by atoms with Crippen molar-refractivity contribution in [1.82, 2.24) is 20.1 Å². The standard InChI is InChI=1S/C14H26N4S/c1-4-5-12-13(10-15-2)19-14(16-12)11-18-8-6-17(3)7-9-18/h15H,4-11H2,1-3H3. The molecule has 2 heterocycles. The quantitative estimate of drug-likeness (QED) is 0.858. The van der Waals surface area contributed by atoms with E-state index in [9.17, 15) is 0 Å². The monoisotopic (exact) mass is 282 g/mol. The predicted molar refractivity (Wildman–Crippen MR) is 81.6 cm³/mol. The number of aromatic nitrogens is 1. The van der Waals surface area contributed by atoms with Crippen molar-refractivity contribution >= 4 is 11.3 Å². The summed E-state index contributed by atoms with van der Waals surface area (Å²) in [6.07, 6.45) is 2.28. The highest BCUT2D eigenvalue weighted by molar-refractivity contribution is 7.11. The van der Waals surface area contributed by atoms with Gasteiger partial charge in [-0.05, 0) is 20.5 Å². The van der Waals surface area contributed by atoms with Crippen molar-refractivity contribution in [3.05, 3.63) is 15.6 Å². The highest BCUT2D eigenvalue weighted by Crippen LogP contribution is 2.21. The Morgan fingerprint density at radius 3 is 2.63 bits per heavy atom. The second-order valence-electron chi connectivity index (χ2n) is 5.34. The van der Waals surface area contributed by atoms with Crippen molar-refractivity contribution in [2.45, 2.75) is 32.9 Å². The maximum atomic E-state index is 4.85. The molecule has 0 spiro atoms. The Bertz CT molecular complexity index is 359. The first-order chi connectivity index (χ1) is 9.22. The third kappa shape index (κ3) is 4.24. The summed E-state index contributed by atoms with van der Waals surface area (Å²) in [7, 11) is 4.21. The van der Waals surface area contributed by atoms with Gasteiger partial charge in [-0.1, -0.05) is 13.3 Å². The SMILES string of the molecule is CCCc1nc(CN2CCN(C)CC2)sc1CNC. The molecule has 0 bridgehead atoms. The molecule has 1 aromatic rings. The molecular formula is C14H26N4S. The normalized spacial score (nSPS) is 18.1. The molecular weight excluding hydrogens is 256 g/mol. The van der Waals surface area contributed by atoms with E-state index in [-0.39, 0.29) is 0 Å². The van der Waals surface area contributed by atoms with Gasteiger partial charge in [0.15, 0.2) is 0 Å². The summed E-state index contributed by atoms with van der Waals surface area (Å²) in [5.41, 5.74) is 1.31. The second-order valence-corrected chi connectivity index (χ2v) is 6.51. The fraction of sp³-hybridized carbons (Fsp3) is 0.786. The van der Waals surface area contributed by atoms with Crippen LogP contribution >= 0.6 is 11.3 Å². The Labute approximate surface area is 120 Å². The van der Waals surface area contributed by atoms with E-state index in [1.807, 2.05) is 18.4 Å². The van der Waals surface area contributed by atoms with Crippen LogP contribution in [-0.2, 0) is 19.5 Å². The minimum Gasteiger partial charge on any atom is -0.315 e. The molecule has 2 rings (SSSR count). The van der Waals surface area contributed by atoms with Gasteiger partial charge in [-0.15, -0.1) is 11.3 Å². The first-order valence-corrected chi connectivity index (χ1v) is 8.07. The van der Waals surface area contributed by atoms with E-state index in [1.54, 1.807) is 0 Å². The highest BCUT2D eigenvalue weighted by Gasteiger charge is 2.17. The number of nitrogens with one attached hydrogen (secondary N) is 1. The van der Waals surface area contributed by atoms with Gasteiger partial charge in [0, 0.05) is 37.6 Å². The molecule has 1 fully saturated rings. The number of aryl methyl sites for hydroxylation is 1. The number of hydrogen-bond acceptors (Lipinski definition) is 5. The van der Waals surface area contributed by atoms with Crippen LogP contribution in [0.2, 0.25) is 0 Å². The summed E-state index contributed by atoms with van der Waals surface area (Å²) in [6, 6.07) is 0. The van der Waals surface area contributed by atoms with Crippen molar-refractivity contribution in [3.8, 4) is 0 Å². The van der Waals surface area contributed by atoms with Crippen molar-refractivity contribution in [2.75, 3.05) is 40.3 Å². The van der Waals surface area contributed by atoms with E-state index >= 15 is 0 Å². The first kappa shape index (κ1) is 14.9. The minimum absolute atomic E-state index is 0.954. The van der Waals surface area contributed by atoms with Crippen LogP contribution in [0.25, 0.3) is 0 Å². The minimum atomic E-state index is 0.954. The van der Waals surface area contributed by atoms with Gasteiger partial charge in [0.1, 0.15) is 5.01 Å². The van der Waals surface area contributed by atoms with Gasteiger partial charge in [0.2, 0.25) is 0 Å². The summed E-state index contributed by atoms with van der Waals surface area (Å²) >= 11 is 1.89. The third-order valence-electron chi connectivity index (χ3n) is 3.60. The lowest BCUT2D eigenvalue weighted by molar-refractivity contribution is 0.148. The molecule has 1 aliphatic heterocycles. The highest BCUT2D eigenvalue weighted by atomic mass is 32.1. The van der Waals surface area contributed by atoms with Gasteiger partial charge in [0.05, 0.1) is 12.2 Å². The Hall–Kier alpha value is -0.490. The Balaban J connectivity index is 1.97. The van der Waals surface area contributed by atoms with Crippen LogP contribution in [0.4, 0.5) is 0 Å². The van der Waals surface area contributed by atoms with Crippen molar-refractivity contribution in [2.24, 2.45) is 0 Å². The zero-order valence-electron chi connectivity index (χ0n) is 12.4. The molecule has 0 aliphatic carbocycles. The van der Waals surface area contributed by atoms with Crippen LogP contribution < -0.4 is 5.32 Å². The van der Waals surface area contributed by atoms with Crippen LogP contribution in [0.3, 0.4) is 0 Å². The number of hydrogen-bond donors (Lipinski definition) is 1. The van der Waals surface area contributed by atoms with Crippen molar-refractivity contribution < 1.29 is 0 Å². The lowest BCUT2D eigenvalue weighted by Crippen LogP contribution is -2.43. The van der Waals surface area contributed by atoms with E-state index < -0.39 is 0 Å². The van der Waals surface area contributed by atoms with Gasteiger partial charge in [0.25, 0.3) is 0 Å². The molecule has 0 saturated carbocycles. The summed E-state index contributed by atoms with van der Waals surface area (Å²) in [5.74, 6) is 0. The molecule has 0 radical (unpaired) electrons. The van der Waals surface area contributed by atoms with Crippen LogP contribution in [0.1, 0.15) is 28.9 Å². The lowest BCUT2D eigenvalue weighted by Gasteiger charge is -2.31. The molecule has 1 saturated heterocycles. The average molecular weight is 282 g/mol. The second kappa shape index (κ2) is 7.33. The Kier molecular flexibility index (Phi) is 5.76. The fourth-order valence-electron chi connectivity index (χ4n) is 2.43. The third-order valence-corrected chi connectivity index (χ3v) is 4.68. The van der Waals surface area contributed by atoms with Crippen LogP contribution in [0, 0.1) is 0 Å². The predicted octanol–water partition coefficient (Wildman–Crippen LogP) is 1.56. The largest absolute Gasteiger partial charge is 0.315 e. The van der Waals surface area contributed by atoms with Gasteiger partial charge in [-0.2, -0.15) is 0 Å². The maximum absolute atomic E-state index is 4.85. The van der Waals surface area contributed by atoms with E-state index in [2.05, 4.69) is 29.1 Å². The molecule has 1 N–H and O–H groups in total. The van der Waals surface area contributed by atoms with Crippen molar-refractivity contribution in [1.29, 1.82) is 0 Å². The van der Waals surface area contributed by atoms with E-state index in [1.165, 1.54) is 48.2 Å². The van der Waals surface area contributed by atoms with Gasteiger partial charge < -0.3 is 10.2 Å². The van der Waals surface area contributed by atoms with E-state index in [0.29, 0.717) is 0 Å². The molecule has 5 heteroatoms. The number of piperazine rings is 1. The summed E-state index contributed by atoms with van der Waals surface area (Å²) in [6.45, 7) is 8.89. The zero-order chi connectivity index (χ0) is 13.7. The molecule has 0 unspecified atom stereocenters. The van der Waals surface area contributed by atoms with Crippen LogP contribution in [-0.4, -0.2) is 55.1 Å². The number of nitrogens with zero attached hydrogens (tertiary/aromatic N) is 3. The molecule has 1 aromatic heterocycles. The zero-order valence-corrected chi connectivity index (χ0v) is 13.2. The molecule has 0 atom stereocenters. The molecule has 19 heavy (non-hydrogen) atoms. The topological polar surface area (TPSA) is 31.4 Å². The first-order valence-electron chi connectivity index (χ1n) is 7.26. The van der Waals surface area contributed by atoms with E-state index in [4.69, 9.17) is 4.98 Å². The number of likely N-dealkylation sites (N-methyl/N-ethyl adjacent to an activating group) is 1. The smallest absolute Gasteiger partial charge is 0.107 e. The molecule has 108 valence electrons. The average Bonchev–Trinajstić information content (AvgIpc) is 2.75. The molecule has 0 amide bonds. The van der Waals surface area contributed by atoms with Gasteiger partial charge >= 0.3 is 0 Å². The summed E-state index contributed by atoms with van der Waals surface area (Å²) < 4.78 is 0. The molecule has 1 aliphatic rings. The number of rotatable bonds is 6. The maximum Gasteiger partial charge on any atom is 0.107 e. The van der Waals surface area contributed by atoms with Crippen molar-refractivity contribution in [3.63, 3.8) is 0 Å². The Morgan fingerprint density at radius 2 is 2.00 bits per heavy atom. The summed E-state index contributed by atoms with van der Waals surface area (Å²) in [4.78, 5) is 11.2. The fourth-order valence-corrected chi connectivity index (χ4v) is 3.60. The lowest BCUT2D eigenvalue weighted by atomic mass is 10.2. The molecule has 4 nitrogen and oxygen atoms in total. The summed E-state index contributed by atoms with van der Waals surface area (Å²) in [5, 5.41) is 4.55. The van der Waals surface area contributed by atoms with Crippen LogP contribution in [0.5, 0.6) is 0 Å². The molecule has 0 aromatic carbocycles. The van der Waals surface area contributed by atoms with Gasteiger partial charge in [-0.25, -0.2) is 4.98 Å². The number of thiazole rings is 1.